The minimum Gasteiger partial charge on any atom is -0.372 e. The van der Waals surface area contributed by atoms with Crippen molar-refractivity contribution < 1.29 is 9.22 Å². The van der Waals surface area contributed by atoms with E-state index in [1.165, 1.54) is 19.3 Å². The zero-order valence-electron chi connectivity index (χ0n) is 13.2. The quantitative estimate of drug-likeness (QED) is 0.565. The van der Waals surface area contributed by atoms with Crippen molar-refractivity contribution in [3.8, 4) is 6.07 Å². The third-order valence-corrected chi connectivity index (χ3v) is 6.23. The van der Waals surface area contributed by atoms with Gasteiger partial charge in [0.05, 0.1) is 26.8 Å². The topological polar surface area (TPSA) is 33.0 Å². The third-order valence-electron chi connectivity index (χ3n) is 6.23. The molecule has 0 saturated heterocycles. The van der Waals surface area contributed by atoms with E-state index in [9.17, 15) is 0 Å². The van der Waals surface area contributed by atoms with E-state index in [-0.39, 0.29) is 0 Å². The van der Waals surface area contributed by atoms with Crippen LogP contribution in [-0.2, 0) is 4.74 Å². The van der Waals surface area contributed by atoms with Gasteiger partial charge in [0.25, 0.3) is 0 Å². The smallest absolute Gasteiger partial charge is 0.166 e. The summed E-state index contributed by atoms with van der Waals surface area (Å²) in [6.07, 6.45) is 4.34. The lowest BCUT2D eigenvalue weighted by Crippen LogP contribution is -2.44. The Morgan fingerprint density at radius 1 is 1.32 bits per heavy atom. The van der Waals surface area contributed by atoms with Gasteiger partial charge in [0.2, 0.25) is 0 Å². The van der Waals surface area contributed by atoms with E-state index in [2.05, 4.69) is 40.9 Å². The second kappa shape index (κ2) is 4.75. The summed E-state index contributed by atoms with van der Waals surface area (Å²) in [6.45, 7) is 9.51. The lowest BCUT2D eigenvalue weighted by molar-refractivity contribution is -0.883. The highest BCUT2D eigenvalue weighted by molar-refractivity contribution is 5.11. The number of hydrogen-bond donors (Lipinski definition) is 0. The molecule has 2 aliphatic carbocycles. The van der Waals surface area contributed by atoms with Crippen molar-refractivity contribution in [2.45, 2.75) is 46.1 Å². The molecule has 3 heteroatoms. The number of ether oxygens (including phenoxy) is 1. The van der Waals surface area contributed by atoms with Crippen LogP contribution in [0.5, 0.6) is 0 Å². The first-order chi connectivity index (χ1) is 8.73. The van der Waals surface area contributed by atoms with E-state index in [4.69, 9.17) is 10.00 Å². The van der Waals surface area contributed by atoms with Gasteiger partial charge in [-0.15, -0.1) is 0 Å². The summed E-state index contributed by atoms with van der Waals surface area (Å²) in [5.74, 6) is 0.837. The van der Waals surface area contributed by atoms with Gasteiger partial charge in [0.1, 0.15) is 12.6 Å². The maximum absolute atomic E-state index is 8.80. The molecule has 0 spiro atoms. The van der Waals surface area contributed by atoms with E-state index < -0.39 is 0 Å². The Labute approximate surface area is 118 Å². The normalized spacial score (nSPS) is 36.4. The van der Waals surface area contributed by atoms with Crippen molar-refractivity contribution in [1.82, 2.24) is 0 Å². The monoisotopic (exact) mass is 265 g/mol. The summed E-state index contributed by atoms with van der Waals surface area (Å²) < 4.78 is 6.96. The van der Waals surface area contributed by atoms with Crippen LogP contribution in [0.1, 0.15) is 40.0 Å². The van der Waals surface area contributed by atoms with Gasteiger partial charge >= 0.3 is 0 Å². The predicted molar refractivity (Wildman–Crippen MR) is 76.4 cm³/mol. The van der Waals surface area contributed by atoms with Crippen LogP contribution in [-0.4, -0.2) is 44.4 Å². The van der Waals surface area contributed by atoms with Crippen LogP contribution in [0, 0.1) is 28.1 Å². The van der Waals surface area contributed by atoms with Crippen LogP contribution < -0.4 is 0 Å². The molecule has 108 valence electrons. The van der Waals surface area contributed by atoms with Gasteiger partial charge in [0, 0.05) is 0 Å². The van der Waals surface area contributed by atoms with Gasteiger partial charge in [-0.1, -0.05) is 20.8 Å². The maximum Gasteiger partial charge on any atom is 0.166 e. The Kier molecular flexibility index (Phi) is 3.70. The molecule has 0 aromatic rings. The van der Waals surface area contributed by atoms with Gasteiger partial charge in [-0.3, -0.25) is 0 Å². The van der Waals surface area contributed by atoms with E-state index in [0.717, 1.165) is 23.6 Å². The van der Waals surface area contributed by atoms with Gasteiger partial charge in [-0.05, 0) is 36.0 Å². The van der Waals surface area contributed by atoms with Crippen LogP contribution >= 0.6 is 0 Å². The van der Waals surface area contributed by atoms with Gasteiger partial charge < -0.3 is 9.22 Å². The molecule has 0 heterocycles. The maximum atomic E-state index is 8.80. The van der Waals surface area contributed by atoms with E-state index in [1.807, 2.05) is 0 Å². The third kappa shape index (κ3) is 2.41. The van der Waals surface area contributed by atoms with Crippen molar-refractivity contribution in [1.29, 1.82) is 5.26 Å². The molecule has 3 nitrogen and oxygen atoms in total. The minimum absolute atomic E-state index is 0.351. The SMILES string of the molecule is CC1(C)[C@@H]2CC[C@]1(C)[C@H](OCC[N+](C)(C)CC#N)C2. The Hall–Kier alpha value is -0.590. The minimum atomic E-state index is 0.351. The van der Waals surface area contributed by atoms with E-state index in [1.54, 1.807) is 0 Å². The van der Waals surface area contributed by atoms with Crippen LogP contribution in [0.25, 0.3) is 0 Å². The fraction of sp³-hybridized carbons (Fsp3) is 0.938. The average molecular weight is 265 g/mol. The highest BCUT2D eigenvalue weighted by Crippen LogP contribution is 2.66. The van der Waals surface area contributed by atoms with Gasteiger partial charge in [-0.2, -0.15) is 5.26 Å². The first kappa shape index (κ1) is 14.8. The number of nitriles is 1. The van der Waals surface area contributed by atoms with Crippen LogP contribution in [0.3, 0.4) is 0 Å². The van der Waals surface area contributed by atoms with Crippen molar-refractivity contribution in [3.63, 3.8) is 0 Å². The Balaban J connectivity index is 1.88. The molecule has 2 bridgehead atoms. The largest absolute Gasteiger partial charge is 0.372 e. The van der Waals surface area contributed by atoms with Crippen molar-refractivity contribution in [2.75, 3.05) is 33.8 Å². The van der Waals surface area contributed by atoms with E-state index >= 15 is 0 Å². The molecule has 0 aromatic carbocycles. The van der Waals surface area contributed by atoms with Crippen LogP contribution in [0.4, 0.5) is 0 Å². The molecule has 0 radical (unpaired) electrons. The first-order valence-electron chi connectivity index (χ1n) is 7.53. The number of likely N-dealkylation sites (N-methyl/N-ethyl adjacent to an activating group) is 1. The van der Waals surface area contributed by atoms with Crippen molar-refractivity contribution in [2.24, 2.45) is 16.7 Å². The summed E-state index contributed by atoms with van der Waals surface area (Å²) in [6, 6.07) is 2.25. The van der Waals surface area contributed by atoms with E-state index in [0.29, 0.717) is 23.5 Å². The van der Waals surface area contributed by atoms with Crippen molar-refractivity contribution in [3.05, 3.63) is 0 Å². The molecule has 2 rings (SSSR count). The number of hydrogen-bond acceptors (Lipinski definition) is 2. The fourth-order valence-corrected chi connectivity index (χ4v) is 4.09. The molecule has 0 N–H and O–H groups in total. The zero-order valence-corrected chi connectivity index (χ0v) is 13.2. The molecule has 2 aliphatic rings. The molecule has 0 amide bonds. The number of nitrogens with zero attached hydrogens (tertiary/aromatic N) is 2. The molecule has 19 heavy (non-hydrogen) atoms. The molecule has 0 aliphatic heterocycles. The summed E-state index contributed by atoms with van der Waals surface area (Å²) in [5.41, 5.74) is 0.777. The summed E-state index contributed by atoms with van der Waals surface area (Å²) in [7, 11) is 4.19. The number of quaternary nitrogens is 1. The second-order valence-electron chi connectivity index (χ2n) is 7.95. The molecule has 0 unspecified atom stereocenters. The molecular formula is C16H29N2O+. The second-order valence-corrected chi connectivity index (χ2v) is 7.95. The van der Waals surface area contributed by atoms with Crippen molar-refractivity contribution >= 4 is 0 Å². The van der Waals surface area contributed by atoms with Crippen LogP contribution in [0.2, 0.25) is 0 Å². The number of rotatable bonds is 5. The van der Waals surface area contributed by atoms with Gasteiger partial charge in [0.15, 0.2) is 6.54 Å². The lowest BCUT2D eigenvalue weighted by Gasteiger charge is -2.39. The highest BCUT2D eigenvalue weighted by Gasteiger charge is 2.61. The molecular weight excluding hydrogens is 236 g/mol. The summed E-state index contributed by atoms with van der Waals surface area (Å²) >= 11 is 0. The highest BCUT2D eigenvalue weighted by atomic mass is 16.5. The summed E-state index contributed by atoms with van der Waals surface area (Å²) in [5, 5.41) is 8.80. The molecule has 2 saturated carbocycles. The number of fused-ring (bicyclic) bond motifs is 2. The predicted octanol–water partition coefficient (Wildman–Crippen LogP) is 2.82. The Bertz CT molecular complexity index is 383. The average Bonchev–Trinajstić information content (AvgIpc) is 2.61. The lowest BCUT2D eigenvalue weighted by atomic mass is 9.70. The standard InChI is InChI=1S/C16H29N2O/c1-15(2)13-6-7-16(15,3)14(12-13)19-11-10-18(4,5)9-8-17/h13-14H,6-7,9-12H2,1-5H3/q+1/t13-,14-,16-/m1/s1. The van der Waals surface area contributed by atoms with Gasteiger partial charge in [-0.25, -0.2) is 0 Å². The first-order valence-corrected chi connectivity index (χ1v) is 7.53. The Morgan fingerprint density at radius 3 is 2.47 bits per heavy atom. The summed E-state index contributed by atoms with van der Waals surface area (Å²) in [4.78, 5) is 0. The Morgan fingerprint density at radius 2 is 2.00 bits per heavy atom. The zero-order chi connectivity index (χ0) is 14.3. The van der Waals surface area contributed by atoms with Crippen LogP contribution in [0.15, 0.2) is 0 Å². The molecule has 2 fully saturated rings. The fourth-order valence-electron chi connectivity index (χ4n) is 4.09. The molecule has 3 atom stereocenters. The molecule has 0 aromatic heterocycles.